The molecule has 108 valence electrons. The number of fused-ring (bicyclic) bond motifs is 1. The van der Waals surface area contributed by atoms with Crippen molar-refractivity contribution in [2.75, 3.05) is 6.61 Å². The van der Waals surface area contributed by atoms with Gasteiger partial charge in [0.2, 0.25) is 0 Å². The Hall–Kier alpha value is -2.10. The van der Waals surface area contributed by atoms with Gasteiger partial charge >= 0.3 is 5.97 Å². The van der Waals surface area contributed by atoms with E-state index in [1.165, 1.54) is 0 Å². The summed E-state index contributed by atoms with van der Waals surface area (Å²) in [7, 11) is 1.80. The lowest BCUT2D eigenvalue weighted by Gasteiger charge is -2.24. The second kappa shape index (κ2) is 6.12. The second-order valence-electron chi connectivity index (χ2n) is 5.31. The zero-order chi connectivity index (χ0) is 15.6. The molecule has 1 aromatic rings. The van der Waals surface area contributed by atoms with Crippen molar-refractivity contribution in [3.05, 3.63) is 53.0 Å². The lowest BCUT2D eigenvalue weighted by molar-refractivity contribution is -0.147. The average molecular weight is 282 g/mol. The summed E-state index contributed by atoms with van der Waals surface area (Å²) in [6, 6.07) is 7.46. The lowest BCUT2D eigenvalue weighted by Crippen LogP contribution is -2.20. The smallest absolute Gasteiger partial charge is 0.308 e. The molecule has 0 spiro atoms. The number of benzene rings is 1. The van der Waals surface area contributed by atoms with Crippen LogP contribution in [0.3, 0.4) is 0 Å². The summed E-state index contributed by atoms with van der Waals surface area (Å²) in [6.45, 7) is 8.09. The minimum Gasteiger partial charge on any atom is -0.466 e. The topological polar surface area (TPSA) is 43.4 Å². The molecule has 0 heterocycles. The molecule has 0 saturated carbocycles. The summed E-state index contributed by atoms with van der Waals surface area (Å²) in [5.74, 6) is -0.509. The van der Waals surface area contributed by atoms with Gasteiger partial charge in [0.25, 0.3) is 0 Å². The van der Waals surface area contributed by atoms with E-state index in [1.54, 1.807) is 14.8 Å². The van der Waals surface area contributed by atoms with Crippen LogP contribution >= 0.6 is 0 Å². The van der Waals surface area contributed by atoms with E-state index in [1.807, 2.05) is 31.2 Å². The number of Topliss-reactive ketones (excluding diaryl/α,β-unsaturated/α-hetero) is 1. The first-order chi connectivity index (χ1) is 9.97. The number of ether oxygens (including phenoxy) is 1. The third-order valence-electron chi connectivity index (χ3n) is 3.85. The largest absolute Gasteiger partial charge is 0.466 e. The van der Waals surface area contributed by atoms with Gasteiger partial charge in [0.1, 0.15) is 7.85 Å². The molecule has 1 aliphatic rings. The van der Waals surface area contributed by atoms with Crippen molar-refractivity contribution in [3.8, 4) is 0 Å². The summed E-state index contributed by atoms with van der Waals surface area (Å²) in [5, 5.41) is 0. The molecule has 0 aliphatic heterocycles. The Labute approximate surface area is 126 Å². The van der Waals surface area contributed by atoms with E-state index in [0.29, 0.717) is 24.1 Å². The first kappa shape index (κ1) is 15.3. The summed E-state index contributed by atoms with van der Waals surface area (Å²) < 4.78 is 5.04. The standard InChI is InChI=1S/C17H19BO3/c1-4-21-17(20)10(2)9-14-11(3)12-7-5-6-8-13(12)16(19)15(14)18/h5-8,10H,3-4,9,18H2,1-2H3. The molecule has 0 fully saturated rings. The predicted octanol–water partition coefficient (Wildman–Crippen LogP) is 2.37. The molecule has 0 N–H and O–H groups in total. The SMILES string of the molecule is BC1=C(CC(C)C(=O)OCC)C(=C)c2ccccc2C1=O. The van der Waals surface area contributed by atoms with Gasteiger partial charge in [-0.1, -0.05) is 37.8 Å². The van der Waals surface area contributed by atoms with Crippen LogP contribution in [-0.4, -0.2) is 26.2 Å². The Morgan fingerprint density at radius 3 is 2.57 bits per heavy atom. The highest BCUT2D eigenvalue weighted by atomic mass is 16.5. The number of hydrogen-bond acceptors (Lipinski definition) is 3. The molecule has 2 rings (SSSR count). The summed E-state index contributed by atoms with van der Waals surface area (Å²) >= 11 is 0. The van der Waals surface area contributed by atoms with Gasteiger partial charge in [0.15, 0.2) is 5.78 Å². The van der Waals surface area contributed by atoms with E-state index >= 15 is 0 Å². The normalized spacial score (nSPS) is 15.7. The van der Waals surface area contributed by atoms with Crippen LogP contribution in [0.25, 0.3) is 5.57 Å². The molecule has 1 atom stereocenters. The van der Waals surface area contributed by atoms with Crippen LogP contribution in [0, 0.1) is 5.92 Å². The second-order valence-corrected chi connectivity index (χ2v) is 5.31. The minimum atomic E-state index is -0.287. The van der Waals surface area contributed by atoms with Gasteiger partial charge in [0.05, 0.1) is 12.5 Å². The fraction of sp³-hybridized carbons (Fsp3) is 0.294. The van der Waals surface area contributed by atoms with Gasteiger partial charge in [0, 0.05) is 5.56 Å². The van der Waals surface area contributed by atoms with Crippen LogP contribution in [-0.2, 0) is 9.53 Å². The Kier molecular flexibility index (Phi) is 4.46. The highest BCUT2D eigenvalue weighted by Crippen LogP contribution is 2.36. The van der Waals surface area contributed by atoms with Crippen LogP contribution < -0.4 is 0 Å². The first-order valence-electron chi connectivity index (χ1n) is 7.17. The van der Waals surface area contributed by atoms with Crippen molar-refractivity contribution in [1.29, 1.82) is 0 Å². The van der Waals surface area contributed by atoms with Gasteiger partial charge in [-0.15, -0.1) is 0 Å². The van der Waals surface area contributed by atoms with Crippen LogP contribution in [0.2, 0.25) is 0 Å². The fourth-order valence-electron chi connectivity index (χ4n) is 2.62. The molecule has 0 radical (unpaired) electrons. The molecule has 0 saturated heterocycles. The van der Waals surface area contributed by atoms with Crippen LogP contribution in [0.15, 0.2) is 41.9 Å². The molecular formula is C17H19BO3. The van der Waals surface area contributed by atoms with Crippen molar-refractivity contribution in [1.82, 2.24) is 0 Å². The number of rotatable bonds is 4. The zero-order valence-corrected chi connectivity index (χ0v) is 12.7. The number of hydrogen-bond donors (Lipinski definition) is 0. The molecule has 0 aromatic heterocycles. The third-order valence-corrected chi connectivity index (χ3v) is 3.85. The van der Waals surface area contributed by atoms with Crippen molar-refractivity contribution < 1.29 is 14.3 Å². The Bertz CT molecular complexity index is 643. The molecule has 0 amide bonds. The van der Waals surface area contributed by atoms with E-state index in [9.17, 15) is 9.59 Å². The number of esters is 1. The van der Waals surface area contributed by atoms with Gasteiger partial charge in [-0.3, -0.25) is 9.59 Å². The van der Waals surface area contributed by atoms with E-state index in [-0.39, 0.29) is 17.7 Å². The number of ketones is 1. The molecule has 1 aromatic carbocycles. The molecule has 1 unspecified atom stereocenters. The number of carbonyl (C=O) groups is 2. The highest BCUT2D eigenvalue weighted by molar-refractivity contribution is 6.43. The van der Waals surface area contributed by atoms with Crippen LogP contribution in [0.1, 0.15) is 36.2 Å². The highest BCUT2D eigenvalue weighted by Gasteiger charge is 2.27. The van der Waals surface area contributed by atoms with E-state index in [4.69, 9.17) is 4.74 Å². The lowest BCUT2D eigenvalue weighted by atomic mass is 9.72. The maximum Gasteiger partial charge on any atom is 0.308 e. The molecule has 21 heavy (non-hydrogen) atoms. The fourth-order valence-corrected chi connectivity index (χ4v) is 2.62. The quantitative estimate of drug-likeness (QED) is 0.629. The van der Waals surface area contributed by atoms with Crippen molar-refractivity contribution in [2.24, 2.45) is 5.92 Å². The van der Waals surface area contributed by atoms with Crippen molar-refractivity contribution in [3.63, 3.8) is 0 Å². The van der Waals surface area contributed by atoms with Crippen molar-refractivity contribution >= 4 is 25.2 Å². The monoisotopic (exact) mass is 282 g/mol. The molecule has 4 heteroatoms. The van der Waals surface area contributed by atoms with Gasteiger partial charge in [-0.2, -0.15) is 0 Å². The number of allylic oxidation sites excluding steroid dienone is 3. The molecule has 3 nitrogen and oxygen atoms in total. The molecule has 0 bridgehead atoms. The van der Waals surface area contributed by atoms with Crippen LogP contribution in [0.5, 0.6) is 0 Å². The van der Waals surface area contributed by atoms with Gasteiger partial charge in [-0.05, 0) is 35.5 Å². The predicted molar refractivity (Wildman–Crippen MR) is 85.8 cm³/mol. The Morgan fingerprint density at radius 2 is 1.95 bits per heavy atom. The molecule has 1 aliphatic carbocycles. The summed E-state index contributed by atoms with van der Waals surface area (Å²) in [5.41, 5.74) is 3.92. The Balaban J connectivity index is 2.32. The summed E-state index contributed by atoms with van der Waals surface area (Å²) in [6.07, 6.45) is 0.476. The molecular weight excluding hydrogens is 263 g/mol. The van der Waals surface area contributed by atoms with E-state index in [0.717, 1.165) is 16.7 Å². The summed E-state index contributed by atoms with van der Waals surface area (Å²) in [4.78, 5) is 24.2. The van der Waals surface area contributed by atoms with Gasteiger partial charge in [-0.25, -0.2) is 0 Å². The minimum absolute atomic E-state index is 0.0176. The maximum absolute atomic E-state index is 12.4. The first-order valence-corrected chi connectivity index (χ1v) is 7.17. The average Bonchev–Trinajstić information content (AvgIpc) is 2.49. The van der Waals surface area contributed by atoms with Gasteiger partial charge < -0.3 is 4.74 Å². The van der Waals surface area contributed by atoms with E-state index < -0.39 is 0 Å². The van der Waals surface area contributed by atoms with Crippen molar-refractivity contribution in [2.45, 2.75) is 20.3 Å². The zero-order valence-electron chi connectivity index (χ0n) is 12.7. The van der Waals surface area contributed by atoms with E-state index in [2.05, 4.69) is 6.58 Å². The number of carbonyl (C=O) groups excluding carboxylic acids is 2. The third kappa shape index (κ3) is 2.84. The Morgan fingerprint density at radius 1 is 1.33 bits per heavy atom. The maximum atomic E-state index is 12.4. The van der Waals surface area contributed by atoms with Crippen LogP contribution in [0.4, 0.5) is 0 Å².